The average Bonchev–Trinajstić information content (AvgIpc) is 3.08. The molecule has 0 saturated carbocycles. The van der Waals surface area contributed by atoms with Gasteiger partial charge in [-0.05, 0) is 37.0 Å². The van der Waals surface area contributed by atoms with Crippen LogP contribution in [0.2, 0.25) is 0 Å². The number of fused-ring (bicyclic) bond motifs is 2. The number of benzene rings is 1. The summed E-state index contributed by atoms with van der Waals surface area (Å²) in [5, 5.41) is 3.39. The van der Waals surface area contributed by atoms with Crippen LogP contribution in [0.1, 0.15) is 24.0 Å². The Kier molecular flexibility index (Phi) is 3.95. The van der Waals surface area contributed by atoms with Crippen LogP contribution in [-0.2, 0) is 20.8 Å². The Morgan fingerprint density at radius 2 is 2.19 bits per heavy atom. The quantitative estimate of drug-likeness (QED) is 0.862. The molecule has 0 spiro atoms. The van der Waals surface area contributed by atoms with E-state index in [9.17, 15) is 9.18 Å². The highest BCUT2D eigenvalue weighted by molar-refractivity contribution is 5.74. The number of esters is 1. The fourth-order valence-corrected chi connectivity index (χ4v) is 3.43. The second kappa shape index (κ2) is 5.73. The number of halogens is 1. The molecule has 0 radical (unpaired) electrons. The molecule has 2 fully saturated rings. The summed E-state index contributed by atoms with van der Waals surface area (Å²) in [7, 11) is 1.41. The third kappa shape index (κ3) is 2.68. The highest BCUT2D eigenvalue weighted by Crippen LogP contribution is 2.39. The Labute approximate surface area is 123 Å². The van der Waals surface area contributed by atoms with Gasteiger partial charge >= 0.3 is 5.97 Å². The molecule has 3 rings (SSSR count). The predicted molar refractivity (Wildman–Crippen MR) is 75.2 cm³/mol. The summed E-state index contributed by atoms with van der Waals surface area (Å²) in [5.41, 5.74) is 1.63. The fourth-order valence-electron chi connectivity index (χ4n) is 3.43. The number of hydrogen-bond acceptors (Lipinski definition) is 4. The van der Waals surface area contributed by atoms with Crippen molar-refractivity contribution < 1.29 is 18.7 Å². The van der Waals surface area contributed by atoms with E-state index in [2.05, 4.69) is 5.32 Å². The topological polar surface area (TPSA) is 47.6 Å². The molecule has 4 nitrogen and oxygen atoms in total. The summed E-state index contributed by atoms with van der Waals surface area (Å²) < 4.78 is 24.0. The monoisotopic (exact) mass is 293 g/mol. The van der Waals surface area contributed by atoms with Crippen LogP contribution in [-0.4, -0.2) is 31.3 Å². The molecule has 5 heteroatoms. The van der Waals surface area contributed by atoms with Crippen LogP contribution in [0.4, 0.5) is 4.39 Å². The molecule has 2 heterocycles. The SMILES string of the molecule is COC(=O)C1C2CCC(O2)C1NCc1ccc(F)c(C)c1. The van der Waals surface area contributed by atoms with Gasteiger partial charge in [-0.3, -0.25) is 4.79 Å². The number of rotatable bonds is 4. The maximum atomic E-state index is 13.3. The van der Waals surface area contributed by atoms with Crippen molar-refractivity contribution in [3.8, 4) is 0 Å². The van der Waals surface area contributed by atoms with E-state index in [0.717, 1.165) is 18.4 Å². The lowest BCUT2D eigenvalue weighted by Crippen LogP contribution is -2.47. The van der Waals surface area contributed by atoms with E-state index in [1.807, 2.05) is 6.07 Å². The van der Waals surface area contributed by atoms with Gasteiger partial charge in [-0.15, -0.1) is 0 Å². The van der Waals surface area contributed by atoms with Crippen LogP contribution in [0, 0.1) is 18.7 Å². The summed E-state index contributed by atoms with van der Waals surface area (Å²) in [4.78, 5) is 11.9. The third-order valence-electron chi connectivity index (χ3n) is 4.51. The number of aryl methyl sites for hydroxylation is 1. The lowest BCUT2D eigenvalue weighted by molar-refractivity contribution is -0.147. The number of ether oxygens (including phenoxy) is 2. The van der Waals surface area contributed by atoms with Gasteiger partial charge in [0.15, 0.2) is 0 Å². The molecule has 21 heavy (non-hydrogen) atoms. The number of nitrogens with one attached hydrogen (secondary N) is 1. The Morgan fingerprint density at radius 3 is 2.90 bits per heavy atom. The molecule has 4 unspecified atom stereocenters. The number of methoxy groups -OCH3 is 1. The largest absolute Gasteiger partial charge is 0.469 e. The van der Waals surface area contributed by atoms with Crippen molar-refractivity contribution in [1.29, 1.82) is 0 Å². The summed E-state index contributed by atoms with van der Waals surface area (Å²) in [5.74, 6) is -0.653. The van der Waals surface area contributed by atoms with E-state index in [0.29, 0.717) is 12.1 Å². The zero-order valence-electron chi connectivity index (χ0n) is 12.3. The average molecular weight is 293 g/mol. The molecule has 0 aromatic heterocycles. The minimum absolute atomic E-state index is 0.0263. The minimum atomic E-state index is -0.240. The maximum absolute atomic E-state index is 13.3. The summed E-state index contributed by atoms with van der Waals surface area (Å²) >= 11 is 0. The second-order valence-corrected chi connectivity index (χ2v) is 5.83. The smallest absolute Gasteiger partial charge is 0.313 e. The third-order valence-corrected chi connectivity index (χ3v) is 4.51. The zero-order valence-corrected chi connectivity index (χ0v) is 12.3. The lowest BCUT2D eigenvalue weighted by Gasteiger charge is -2.27. The fraction of sp³-hybridized carbons (Fsp3) is 0.562. The maximum Gasteiger partial charge on any atom is 0.313 e. The van der Waals surface area contributed by atoms with Crippen LogP contribution in [0.25, 0.3) is 0 Å². The molecule has 2 saturated heterocycles. The van der Waals surface area contributed by atoms with Gasteiger partial charge in [0, 0.05) is 12.6 Å². The van der Waals surface area contributed by atoms with E-state index in [-0.39, 0.29) is 36.0 Å². The standard InChI is InChI=1S/C16H20FNO3/c1-9-7-10(3-4-11(9)17)8-18-15-13-6-5-12(21-13)14(15)16(19)20-2/h3-4,7,12-15,18H,5-6,8H2,1-2H3. The molecule has 0 aliphatic carbocycles. The van der Waals surface area contributed by atoms with Gasteiger partial charge in [-0.25, -0.2) is 4.39 Å². The molecule has 0 amide bonds. The first-order valence-corrected chi connectivity index (χ1v) is 7.32. The first-order chi connectivity index (χ1) is 10.1. The van der Waals surface area contributed by atoms with Crippen molar-refractivity contribution in [3.05, 3.63) is 35.1 Å². The molecule has 2 aliphatic rings. The van der Waals surface area contributed by atoms with Crippen LogP contribution >= 0.6 is 0 Å². The van der Waals surface area contributed by atoms with Crippen LogP contribution in [0.3, 0.4) is 0 Å². The van der Waals surface area contributed by atoms with Crippen molar-refractivity contribution in [1.82, 2.24) is 5.32 Å². The highest BCUT2D eigenvalue weighted by Gasteiger charge is 2.52. The Bertz CT molecular complexity index is 548. The number of carbonyl (C=O) groups excluding carboxylic acids is 1. The van der Waals surface area contributed by atoms with Crippen molar-refractivity contribution in [3.63, 3.8) is 0 Å². The van der Waals surface area contributed by atoms with E-state index >= 15 is 0 Å². The first kappa shape index (κ1) is 14.5. The van der Waals surface area contributed by atoms with Gasteiger partial charge in [0.25, 0.3) is 0 Å². The minimum Gasteiger partial charge on any atom is -0.469 e. The molecule has 114 valence electrons. The van der Waals surface area contributed by atoms with E-state index in [4.69, 9.17) is 9.47 Å². The molecular weight excluding hydrogens is 273 g/mol. The summed E-state index contributed by atoms with van der Waals surface area (Å²) in [6.45, 7) is 2.34. The van der Waals surface area contributed by atoms with Crippen molar-refractivity contribution in [2.75, 3.05) is 7.11 Å². The Hall–Kier alpha value is -1.46. The number of hydrogen-bond donors (Lipinski definition) is 1. The van der Waals surface area contributed by atoms with Crippen LogP contribution in [0.5, 0.6) is 0 Å². The molecule has 1 N–H and O–H groups in total. The van der Waals surface area contributed by atoms with Crippen molar-refractivity contribution >= 4 is 5.97 Å². The van der Waals surface area contributed by atoms with Gasteiger partial charge in [-0.2, -0.15) is 0 Å². The molecule has 4 atom stereocenters. The van der Waals surface area contributed by atoms with Crippen LogP contribution in [0.15, 0.2) is 18.2 Å². The van der Waals surface area contributed by atoms with E-state index < -0.39 is 0 Å². The lowest BCUT2D eigenvalue weighted by atomic mass is 9.84. The van der Waals surface area contributed by atoms with Gasteiger partial charge < -0.3 is 14.8 Å². The number of carbonyl (C=O) groups is 1. The first-order valence-electron chi connectivity index (χ1n) is 7.32. The Morgan fingerprint density at radius 1 is 1.43 bits per heavy atom. The van der Waals surface area contributed by atoms with Crippen LogP contribution < -0.4 is 5.32 Å². The molecular formula is C16H20FNO3. The summed E-state index contributed by atoms with van der Waals surface area (Å²) in [6.07, 6.45) is 1.92. The molecule has 2 bridgehead atoms. The second-order valence-electron chi connectivity index (χ2n) is 5.83. The predicted octanol–water partition coefficient (Wildman–Crippen LogP) is 1.94. The molecule has 2 aliphatic heterocycles. The van der Waals surface area contributed by atoms with Crippen molar-refractivity contribution in [2.24, 2.45) is 5.92 Å². The Balaban J connectivity index is 1.68. The van der Waals surface area contributed by atoms with E-state index in [1.54, 1.807) is 13.0 Å². The van der Waals surface area contributed by atoms with E-state index in [1.165, 1.54) is 13.2 Å². The van der Waals surface area contributed by atoms with Gasteiger partial charge in [0.2, 0.25) is 0 Å². The normalized spacial score (nSPS) is 30.6. The van der Waals surface area contributed by atoms with Gasteiger partial charge in [-0.1, -0.05) is 12.1 Å². The van der Waals surface area contributed by atoms with Gasteiger partial charge in [0.1, 0.15) is 11.7 Å². The molecule has 1 aromatic rings. The van der Waals surface area contributed by atoms with Crippen molar-refractivity contribution in [2.45, 2.75) is 44.6 Å². The summed E-state index contributed by atoms with van der Waals surface area (Å²) in [6, 6.07) is 5.03. The van der Waals surface area contributed by atoms with Gasteiger partial charge in [0.05, 0.1) is 19.3 Å². The zero-order chi connectivity index (χ0) is 15.0. The highest BCUT2D eigenvalue weighted by atomic mass is 19.1. The molecule has 1 aromatic carbocycles.